The summed E-state index contributed by atoms with van der Waals surface area (Å²) in [4.78, 5) is 0. The molecule has 0 saturated heterocycles. The molecule has 0 radical (unpaired) electrons. The Morgan fingerprint density at radius 1 is 1.27 bits per heavy atom. The maximum atomic E-state index is 5.67. The predicted octanol–water partition coefficient (Wildman–Crippen LogP) is 2.70. The number of rotatable bonds is 1. The summed E-state index contributed by atoms with van der Waals surface area (Å²) in [6, 6.07) is 8.26. The van der Waals surface area contributed by atoms with Crippen LogP contribution in [-0.2, 0) is 0 Å². The van der Waals surface area contributed by atoms with Gasteiger partial charge in [-0.3, -0.25) is 5.10 Å². The predicted molar refractivity (Wildman–Crippen MR) is 65.2 cm³/mol. The molecule has 0 unspecified atom stereocenters. The molecule has 0 aliphatic heterocycles. The average molecular weight is 224 g/mol. The summed E-state index contributed by atoms with van der Waals surface area (Å²) in [6.07, 6.45) is 0. The van der Waals surface area contributed by atoms with Gasteiger partial charge in [0.1, 0.15) is 5.82 Å². The summed E-state index contributed by atoms with van der Waals surface area (Å²) in [5.41, 5.74) is 10.1. The molecule has 0 bridgehead atoms. The van der Waals surface area contributed by atoms with E-state index in [1.165, 1.54) is 5.56 Å². The van der Waals surface area contributed by atoms with Gasteiger partial charge >= 0.3 is 0 Å². The van der Waals surface area contributed by atoms with Gasteiger partial charge in [0.15, 0.2) is 0 Å². The second kappa shape index (κ2) is 4.36. The van der Waals surface area contributed by atoms with E-state index in [0.717, 1.165) is 16.8 Å². The minimum absolute atomic E-state index is 0. The summed E-state index contributed by atoms with van der Waals surface area (Å²) in [6.45, 7) is 4.04. The number of nitrogens with zero attached hydrogens (tertiary/aromatic N) is 1. The van der Waals surface area contributed by atoms with Crippen LogP contribution in [0.4, 0.5) is 5.82 Å². The Kier molecular flexibility index (Phi) is 3.37. The van der Waals surface area contributed by atoms with Crippen LogP contribution in [0.25, 0.3) is 11.3 Å². The second-order valence-electron chi connectivity index (χ2n) is 3.48. The molecule has 1 heterocycles. The van der Waals surface area contributed by atoms with E-state index >= 15 is 0 Å². The molecule has 0 amide bonds. The number of nitrogens with two attached hydrogens (primary N) is 1. The lowest BCUT2D eigenvalue weighted by atomic mass is 10.1. The highest BCUT2D eigenvalue weighted by atomic mass is 35.5. The van der Waals surface area contributed by atoms with E-state index in [1.807, 2.05) is 19.1 Å². The molecule has 3 N–H and O–H groups in total. The number of benzene rings is 1. The molecule has 15 heavy (non-hydrogen) atoms. The van der Waals surface area contributed by atoms with E-state index < -0.39 is 0 Å². The van der Waals surface area contributed by atoms with Crippen molar-refractivity contribution in [3.8, 4) is 11.3 Å². The lowest BCUT2D eigenvalue weighted by Crippen LogP contribution is -1.86. The third kappa shape index (κ3) is 2.13. The number of halogens is 1. The first-order valence-electron chi connectivity index (χ1n) is 4.56. The van der Waals surface area contributed by atoms with Crippen molar-refractivity contribution in [1.29, 1.82) is 0 Å². The molecule has 3 nitrogen and oxygen atoms in total. The van der Waals surface area contributed by atoms with Crippen LogP contribution in [0.1, 0.15) is 11.1 Å². The van der Waals surface area contributed by atoms with Gasteiger partial charge in [0.05, 0.1) is 5.69 Å². The van der Waals surface area contributed by atoms with Gasteiger partial charge in [-0.15, -0.1) is 12.4 Å². The number of nitrogen functional groups attached to an aromatic ring is 1. The number of anilines is 1. The summed E-state index contributed by atoms with van der Waals surface area (Å²) < 4.78 is 0. The summed E-state index contributed by atoms with van der Waals surface area (Å²) in [5.74, 6) is 0.571. The lowest BCUT2D eigenvalue weighted by Gasteiger charge is -2.00. The monoisotopic (exact) mass is 223 g/mol. The molecule has 0 fully saturated rings. The van der Waals surface area contributed by atoms with Crippen molar-refractivity contribution in [2.24, 2.45) is 0 Å². The van der Waals surface area contributed by atoms with Crippen molar-refractivity contribution in [2.75, 3.05) is 5.73 Å². The fourth-order valence-electron chi connectivity index (χ4n) is 1.49. The highest BCUT2D eigenvalue weighted by molar-refractivity contribution is 5.85. The maximum Gasteiger partial charge on any atom is 0.148 e. The Hall–Kier alpha value is -1.48. The lowest BCUT2D eigenvalue weighted by molar-refractivity contribution is 1.10. The molecule has 0 aliphatic carbocycles. The van der Waals surface area contributed by atoms with Crippen molar-refractivity contribution < 1.29 is 0 Å². The summed E-state index contributed by atoms with van der Waals surface area (Å²) >= 11 is 0. The van der Waals surface area contributed by atoms with Crippen LogP contribution in [0.3, 0.4) is 0 Å². The van der Waals surface area contributed by atoms with Crippen LogP contribution in [-0.4, -0.2) is 10.2 Å². The highest BCUT2D eigenvalue weighted by Gasteiger charge is 2.07. The van der Waals surface area contributed by atoms with E-state index in [2.05, 4.69) is 29.3 Å². The molecule has 0 atom stereocenters. The molecule has 0 spiro atoms. The fourth-order valence-corrected chi connectivity index (χ4v) is 1.49. The Bertz CT molecular complexity index is 463. The Morgan fingerprint density at radius 2 is 2.00 bits per heavy atom. The van der Waals surface area contributed by atoms with Crippen LogP contribution in [0.5, 0.6) is 0 Å². The quantitative estimate of drug-likeness (QED) is 0.781. The molecule has 0 aliphatic rings. The third-order valence-corrected chi connectivity index (χ3v) is 2.35. The van der Waals surface area contributed by atoms with Crippen molar-refractivity contribution in [3.63, 3.8) is 0 Å². The maximum absolute atomic E-state index is 5.67. The number of aromatic amines is 1. The zero-order valence-electron chi connectivity index (χ0n) is 8.74. The Balaban J connectivity index is 0.00000112. The van der Waals surface area contributed by atoms with Gasteiger partial charge in [0, 0.05) is 11.1 Å². The molecule has 4 heteroatoms. The number of hydrogen-bond donors (Lipinski definition) is 2. The molecule has 2 rings (SSSR count). The Morgan fingerprint density at radius 3 is 2.53 bits per heavy atom. The summed E-state index contributed by atoms with van der Waals surface area (Å²) in [7, 11) is 0. The standard InChI is InChI=1S/C11H13N3.ClH/c1-7-4-3-5-9(6-7)10-8(2)11(12)14-13-10;/h3-6H,1-2H3,(H3,12,13,14);1H. The number of hydrogen-bond acceptors (Lipinski definition) is 2. The van der Waals surface area contributed by atoms with Gasteiger partial charge in [-0.25, -0.2) is 0 Å². The smallest absolute Gasteiger partial charge is 0.148 e. The molecule has 80 valence electrons. The normalized spacial score (nSPS) is 9.73. The zero-order chi connectivity index (χ0) is 10.1. The number of nitrogens with one attached hydrogen (secondary N) is 1. The molecule has 1 aromatic carbocycles. The first kappa shape index (κ1) is 11.6. The molecule has 0 saturated carbocycles. The van der Waals surface area contributed by atoms with Crippen LogP contribution in [0.15, 0.2) is 24.3 Å². The average Bonchev–Trinajstić information content (AvgIpc) is 2.48. The van der Waals surface area contributed by atoms with E-state index in [-0.39, 0.29) is 12.4 Å². The van der Waals surface area contributed by atoms with Crippen molar-refractivity contribution in [2.45, 2.75) is 13.8 Å². The van der Waals surface area contributed by atoms with E-state index in [4.69, 9.17) is 5.73 Å². The third-order valence-electron chi connectivity index (χ3n) is 2.35. The first-order valence-corrected chi connectivity index (χ1v) is 4.56. The number of aromatic nitrogens is 2. The zero-order valence-corrected chi connectivity index (χ0v) is 9.56. The number of H-pyrrole nitrogens is 1. The van der Waals surface area contributed by atoms with Gasteiger partial charge in [0.2, 0.25) is 0 Å². The van der Waals surface area contributed by atoms with E-state index in [9.17, 15) is 0 Å². The van der Waals surface area contributed by atoms with E-state index in [0.29, 0.717) is 5.82 Å². The highest BCUT2D eigenvalue weighted by Crippen LogP contribution is 2.24. The van der Waals surface area contributed by atoms with Gasteiger partial charge in [-0.05, 0) is 19.9 Å². The topological polar surface area (TPSA) is 54.7 Å². The van der Waals surface area contributed by atoms with Gasteiger partial charge in [-0.1, -0.05) is 23.8 Å². The minimum atomic E-state index is 0. The first-order chi connectivity index (χ1) is 6.68. The van der Waals surface area contributed by atoms with Crippen LogP contribution < -0.4 is 5.73 Å². The van der Waals surface area contributed by atoms with E-state index in [1.54, 1.807) is 0 Å². The summed E-state index contributed by atoms with van der Waals surface area (Å²) in [5, 5.41) is 6.92. The van der Waals surface area contributed by atoms with Crippen molar-refractivity contribution >= 4 is 18.2 Å². The molecular formula is C11H14ClN3. The van der Waals surface area contributed by atoms with Crippen LogP contribution in [0, 0.1) is 13.8 Å². The van der Waals surface area contributed by atoms with Gasteiger partial charge in [-0.2, -0.15) is 5.10 Å². The van der Waals surface area contributed by atoms with Crippen molar-refractivity contribution in [1.82, 2.24) is 10.2 Å². The number of aryl methyl sites for hydroxylation is 1. The van der Waals surface area contributed by atoms with Gasteiger partial charge < -0.3 is 5.73 Å². The second-order valence-corrected chi connectivity index (χ2v) is 3.48. The molecule has 2 aromatic rings. The SMILES string of the molecule is Cc1cccc(-c2[nH]nc(N)c2C)c1.Cl. The Labute approximate surface area is 95.1 Å². The molecule has 1 aromatic heterocycles. The van der Waals surface area contributed by atoms with Gasteiger partial charge in [0.25, 0.3) is 0 Å². The minimum Gasteiger partial charge on any atom is -0.382 e. The largest absolute Gasteiger partial charge is 0.382 e. The van der Waals surface area contributed by atoms with Crippen molar-refractivity contribution in [3.05, 3.63) is 35.4 Å². The fraction of sp³-hybridized carbons (Fsp3) is 0.182. The van der Waals surface area contributed by atoms with Crippen LogP contribution >= 0.6 is 12.4 Å². The van der Waals surface area contributed by atoms with Crippen LogP contribution in [0.2, 0.25) is 0 Å². The molecular weight excluding hydrogens is 210 g/mol.